The summed E-state index contributed by atoms with van der Waals surface area (Å²) in [4.78, 5) is 23.8. The van der Waals surface area contributed by atoms with E-state index in [0.717, 1.165) is 0 Å². The highest BCUT2D eigenvalue weighted by Gasteiger charge is 2.25. The lowest BCUT2D eigenvalue weighted by Gasteiger charge is -2.19. The van der Waals surface area contributed by atoms with Gasteiger partial charge in [-0.15, -0.1) is 0 Å². The summed E-state index contributed by atoms with van der Waals surface area (Å²) in [6.07, 6.45) is -1.18. The van der Waals surface area contributed by atoms with E-state index in [9.17, 15) is 14.0 Å². The minimum absolute atomic E-state index is 0.00748. The van der Waals surface area contributed by atoms with E-state index in [2.05, 4.69) is 5.32 Å². The smallest absolute Gasteiger partial charge is 0.255 e. The first-order valence-electron chi connectivity index (χ1n) is 9.38. The minimum Gasteiger partial charge on any atom is -0.497 e. The van der Waals surface area contributed by atoms with Crippen LogP contribution in [0, 0.1) is 11.2 Å². The lowest BCUT2D eigenvalue weighted by molar-refractivity contribution is -0.133. The number of hydrogen-bond donors (Lipinski definition) is 4. The number of ether oxygens (including phenoxy) is 3. The Bertz CT molecular complexity index is 967. The molecule has 6 N–H and O–H groups in total. The highest BCUT2D eigenvalue weighted by atomic mass is 19.1. The third-order valence-electron chi connectivity index (χ3n) is 4.26. The number of nitrogens with two attached hydrogens (primary N) is 2. The van der Waals surface area contributed by atoms with Crippen molar-refractivity contribution in [2.24, 2.45) is 11.5 Å². The van der Waals surface area contributed by atoms with Crippen molar-refractivity contribution in [3.63, 3.8) is 0 Å². The summed E-state index contributed by atoms with van der Waals surface area (Å²) in [5, 5.41) is 10.2. The molecule has 9 nitrogen and oxygen atoms in total. The Morgan fingerprint density at radius 1 is 1.19 bits per heavy atom. The molecule has 10 heteroatoms. The molecular weight excluding hydrogens is 407 g/mol. The second-order valence-corrected chi connectivity index (χ2v) is 6.43. The molecular formula is C21H25FN4O5. The predicted molar refractivity (Wildman–Crippen MR) is 111 cm³/mol. The molecule has 0 aliphatic rings. The third kappa shape index (κ3) is 6.41. The van der Waals surface area contributed by atoms with E-state index in [1.54, 1.807) is 19.1 Å². The quantitative estimate of drug-likeness (QED) is 0.311. The van der Waals surface area contributed by atoms with Crippen molar-refractivity contribution in [3.05, 3.63) is 58.9 Å². The largest absolute Gasteiger partial charge is 0.497 e. The Morgan fingerprint density at radius 2 is 1.94 bits per heavy atom. The van der Waals surface area contributed by atoms with Crippen molar-refractivity contribution < 1.29 is 28.2 Å². The number of primary amides is 1. The molecule has 31 heavy (non-hydrogen) atoms. The molecule has 0 aromatic heterocycles. The van der Waals surface area contributed by atoms with Crippen LogP contribution in [0.1, 0.15) is 29.7 Å². The normalized spacial score (nSPS) is 11.5. The molecule has 0 aliphatic heterocycles. The fraction of sp³-hybridized carbons (Fsp3) is 0.286. The zero-order chi connectivity index (χ0) is 23.0. The van der Waals surface area contributed by atoms with E-state index in [-0.39, 0.29) is 36.9 Å². The van der Waals surface area contributed by atoms with E-state index in [0.29, 0.717) is 16.9 Å². The Morgan fingerprint density at radius 3 is 2.52 bits per heavy atom. The number of benzene rings is 2. The van der Waals surface area contributed by atoms with Gasteiger partial charge in [-0.05, 0) is 25.1 Å². The highest BCUT2D eigenvalue weighted by molar-refractivity contribution is 5.95. The maximum atomic E-state index is 14.5. The van der Waals surface area contributed by atoms with Gasteiger partial charge in [-0.2, -0.15) is 0 Å². The molecule has 0 unspecified atom stereocenters. The fourth-order valence-electron chi connectivity index (χ4n) is 2.75. The van der Waals surface area contributed by atoms with Crippen molar-refractivity contribution in [1.82, 2.24) is 5.32 Å². The van der Waals surface area contributed by atoms with Crippen LogP contribution in [0.3, 0.4) is 0 Å². The van der Waals surface area contributed by atoms with Gasteiger partial charge < -0.3 is 31.0 Å². The van der Waals surface area contributed by atoms with Crippen molar-refractivity contribution in [2.75, 3.05) is 20.3 Å². The first-order chi connectivity index (χ1) is 14.8. The first-order valence-corrected chi connectivity index (χ1v) is 9.38. The topological polar surface area (TPSA) is 150 Å². The van der Waals surface area contributed by atoms with Gasteiger partial charge in [-0.1, -0.05) is 12.1 Å². The summed E-state index contributed by atoms with van der Waals surface area (Å²) < 4.78 is 30.3. The van der Waals surface area contributed by atoms with E-state index < -0.39 is 23.7 Å². The molecule has 0 radical (unpaired) electrons. The number of amides is 2. The standard InChI is InChI=1S/C21H25FN4O5/c1-3-30-19(15-7-6-14(29-2)9-16(15)22)21(28)26-10-13-5-4-12(20(24)25)8-17(13)31-11-18(23)27/h4-9,19H,3,10-11H2,1-2H3,(H2,23,27)(H3,24,25)(H,26,28)/t19-/m0/s1. The number of amidine groups is 1. The molecule has 0 heterocycles. The van der Waals surface area contributed by atoms with E-state index in [1.807, 2.05) is 0 Å². The SMILES string of the molecule is CCO[C@H](C(=O)NCc1ccc(C(=N)N)cc1OCC(N)=O)c1ccc(OC)cc1F. The summed E-state index contributed by atoms with van der Waals surface area (Å²) in [5.41, 5.74) is 11.6. The number of methoxy groups -OCH3 is 1. The molecule has 0 fully saturated rings. The number of carbonyl (C=O) groups excluding carboxylic acids is 2. The van der Waals surface area contributed by atoms with Gasteiger partial charge in [0.05, 0.1) is 7.11 Å². The Kier molecular flexibility index (Phi) is 8.33. The lowest BCUT2D eigenvalue weighted by atomic mass is 10.1. The Balaban J connectivity index is 2.21. The molecule has 0 spiro atoms. The third-order valence-corrected chi connectivity index (χ3v) is 4.26. The zero-order valence-corrected chi connectivity index (χ0v) is 17.2. The van der Waals surface area contributed by atoms with Gasteiger partial charge in [0.15, 0.2) is 12.7 Å². The molecule has 2 aromatic rings. The van der Waals surface area contributed by atoms with Gasteiger partial charge in [0.25, 0.3) is 11.8 Å². The summed E-state index contributed by atoms with van der Waals surface area (Å²) in [6.45, 7) is 1.48. The second kappa shape index (κ2) is 10.9. The van der Waals surface area contributed by atoms with Gasteiger partial charge in [0.1, 0.15) is 23.2 Å². The molecule has 0 saturated heterocycles. The molecule has 2 amide bonds. The van der Waals surface area contributed by atoms with Gasteiger partial charge in [0, 0.05) is 35.9 Å². The van der Waals surface area contributed by atoms with E-state index >= 15 is 0 Å². The Labute approximate surface area is 179 Å². The monoisotopic (exact) mass is 432 g/mol. The number of nitrogens with one attached hydrogen (secondary N) is 2. The van der Waals surface area contributed by atoms with Crippen LogP contribution in [0.2, 0.25) is 0 Å². The van der Waals surface area contributed by atoms with Crippen LogP contribution in [-0.4, -0.2) is 38.0 Å². The molecule has 1 atom stereocenters. The van der Waals surface area contributed by atoms with Crippen LogP contribution in [0.4, 0.5) is 4.39 Å². The van der Waals surface area contributed by atoms with Gasteiger partial charge in [0.2, 0.25) is 0 Å². The molecule has 2 rings (SSSR count). The van der Waals surface area contributed by atoms with E-state index in [4.69, 9.17) is 31.1 Å². The maximum Gasteiger partial charge on any atom is 0.255 e. The van der Waals surface area contributed by atoms with Crippen LogP contribution >= 0.6 is 0 Å². The molecule has 0 bridgehead atoms. The highest BCUT2D eigenvalue weighted by Crippen LogP contribution is 2.26. The van der Waals surface area contributed by atoms with Crippen LogP contribution in [0.5, 0.6) is 11.5 Å². The molecule has 166 valence electrons. The van der Waals surface area contributed by atoms with Gasteiger partial charge in [-0.3, -0.25) is 15.0 Å². The molecule has 0 saturated carbocycles. The first kappa shape index (κ1) is 23.6. The van der Waals surface area contributed by atoms with Crippen molar-refractivity contribution >= 4 is 17.6 Å². The summed E-state index contributed by atoms with van der Waals surface area (Å²) in [7, 11) is 1.41. The number of hydrogen-bond acceptors (Lipinski definition) is 6. The van der Waals surface area contributed by atoms with Crippen LogP contribution in [-0.2, 0) is 20.9 Å². The average molecular weight is 432 g/mol. The fourth-order valence-corrected chi connectivity index (χ4v) is 2.75. The van der Waals surface area contributed by atoms with Gasteiger partial charge in [-0.25, -0.2) is 4.39 Å². The number of nitrogen functional groups attached to an aromatic ring is 1. The van der Waals surface area contributed by atoms with Gasteiger partial charge >= 0.3 is 0 Å². The summed E-state index contributed by atoms with van der Waals surface area (Å²) in [6, 6.07) is 8.77. The number of carbonyl (C=O) groups is 2. The second-order valence-electron chi connectivity index (χ2n) is 6.43. The Hall–Kier alpha value is -3.66. The van der Waals surface area contributed by atoms with Crippen LogP contribution in [0.15, 0.2) is 36.4 Å². The summed E-state index contributed by atoms with van der Waals surface area (Å²) in [5.74, 6) is -1.53. The molecule has 2 aromatic carbocycles. The number of halogens is 1. The summed E-state index contributed by atoms with van der Waals surface area (Å²) >= 11 is 0. The van der Waals surface area contributed by atoms with Crippen molar-refractivity contribution in [3.8, 4) is 11.5 Å². The van der Waals surface area contributed by atoms with Crippen LogP contribution < -0.4 is 26.3 Å². The molecule has 0 aliphatic carbocycles. The lowest BCUT2D eigenvalue weighted by Crippen LogP contribution is -2.31. The average Bonchev–Trinajstić information content (AvgIpc) is 2.74. The van der Waals surface area contributed by atoms with Crippen LogP contribution in [0.25, 0.3) is 0 Å². The predicted octanol–water partition coefficient (Wildman–Crippen LogP) is 1.38. The number of rotatable bonds is 11. The van der Waals surface area contributed by atoms with Crippen molar-refractivity contribution in [1.29, 1.82) is 5.41 Å². The maximum absolute atomic E-state index is 14.5. The minimum atomic E-state index is -1.18. The zero-order valence-electron chi connectivity index (χ0n) is 17.2. The van der Waals surface area contributed by atoms with E-state index in [1.165, 1.54) is 31.4 Å². The van der Waals surface area contributed by atoms with Crippen molar-refractivity contribution in [2.45, 2.75) is 19.6 Å².